The Hall–Kier alpha value is -3.26. The molecular formula is C20H22FN5O2. The second-order valence-electron chi connectivity index (χ2n) is 6.55. The molecule has 1 aliphatic rings. The van der Waals surface area contributed by atoms with Crippen LogP contribution in [0.3, 0.4) is 0 Å². The first-order chi connectivity index (χ1) is 13.5. The van der Waals surface area contributed by atoms with Crippen molar-refractivity contribution in [1.29, 1.82) is 0 Å². The van der Waals surface area contributed by atoms with Crippen LogP contribution in [-0.2, 0) is 0 Å². The molecule has 2 aromatic carbocycles. The molecule has 0 atom stereocenters. The molecule has 0 saturated carbocycles. The van der Waals surface area contributed by atoms with Gasteiger partial charge in [-0.25, -0.2) is 14.6 Å². The highest BCUT2D eigenvalue weighted by atomic mass is 19.1. The average Bonchev–Trinajstić information content (AvgIpc) is 2.70. The average molecular weight is 383 g/mol. The van der Waals surface area contributed by atoms with E-state index < -0.39 is 0 Å². The van der Waals surface area contributed by atoms with Gasteiger partial charge < -0.3 is 15.1 Å². The van der Waals surface area contributed by atoms with Crippen LogP contribution in [0.5, 0.6) is 0 Å². The zero-order chi connectivity index (χ0) is 19.9. The van der Waals surface area contributed by atoms with Crippen molar-refractivity contribution in [1.82, 2.24) is 15.2 Å². The molecule has 2 N–H and O–H groups in total. The van der Waals surface area contributed by atoms with E-state index in [1.807, 2.05) is 7.05 Å². The molecule has 8 heteroatoms. The van der Waals surface area contributed by atoms with Crippen molar-refractivity contribution in [3.05, 3.63) is 65.5 Å². The van der Waals surface area contributed by atoms with Gasteiger partial charge in [0.1, 0.15) is 5.82 Å². The van der Waals surface area contributed by atoms with Gasteiger partial charge in [0.2, 0.25) is 0 Å². The van der Waals surface area contributed by atoms with Gasteiger partial charge in [0.15, 0.2) is 0 Å². The summed E-state index contributed by atoms with van der Waals surface area (Å²) in [5, 5.41) is 6.70. The van der Waals surface area contributed by atoms with Gasteiger partial charge in [0.05, 0.1) is 6.21 Å². The van der Waals surface area contributed by atoms with E-state index in [-0.39, 0.29) is 17.8 Å². The third-order valence-electron chi connectivity index (χ3n) is 4.44. The quantitative estimate of drug-likeness (QED) is 0.629. The minimum Gasteiger partial charge on any atom is -0.322 e. The summed E-state index contributed by atoms with van der Waals surface area (Å²) in [7, 11) is 2.03. The third kappa shape index (κ3) is 5.37. The molecule has 3 rings (SSSR count). The van der Waals surface area contributed by atoms with Crippen LogP contribution in [-0.4, -0.2) is 61.2 Å². The van der Waals surface area contributed by atoms with E-state index in [0.717, 1.165) is 13.1 Å². The summed E-state index contributed by atoms with van der Waals surface area (Å²) < 4.78 is 12.8. The standard InChI is InChI=1S/C20H22FN5O2/c1-25-10-12-26(13-11-25)20(28)23-18-8-4-16(5-9-18)19(27)24-22-14-15-2-6-17(21)7-3-15/h2-9,14H,10-13H2,1H3,(H,23,28)(H,24,27)/b22-14-. The Kier molecular flexibility index (Phi) is 6.33. The van der Waals surface area contributed by atoms with E-state index >= 15 is 0 Å². The van der Waals surface area contributed by atoms with Gasteiger partial charge in [0, 0.05) is 37.4 Å². The Bertz CT molecular complexity index is 844. The monoisotopic (exact) mass is 383 g/mol. The Morgan fingerprint density at radius 1 is 1.00 bits per heavy atom. The first-order valence-electron chi connectivity index (χ1n) is 8.95. The number of halogens is 1. The van der Waals surface area contributed by atoms with Crippen LogP contribution in [0.1, 0.15) is 15.9 Å². The number of amides is 3. The van der Waals surface area contributed by atoms with Gasteiger partial charge >= 0.3 is 6.03 Å². The lowest BCUT2D eigenvalue weighted by Crippen LogP contribution is -2.48. The molecule has 0 bridgehead atoms. The minimum atomic E-state index is -0.379. The molecule has 0 spiro atoms. The number of anilines is 1. The Labute approximate surface area is 162 Å². The van der Waals surface area contributed by atoms with Crippen LogP contribution in [0.25, 0.3) is 0 Å². The van der Waals surface area contributed by atoms with Gasteiger partial charge in [-0.3, -0.25) is 4.79 Å². The molecule has 0 unspecified atom stereocenters. The van der Waals surface area contributed by atoms with Gasteiger partial charge in [-0.05, 0) is 49.0 Å². The number of carbonyl (C=O) groups is 2. The van der Waals surface area contributed by atoms with Crippen molar-refractivity contribution in [3.63, 3.8) is 0 Å². The predicted octanol–water partition coefficient (Wildman–Crippen LogP) is 2.37. The van der Waals surface area contributed by atoms with Gasteiger partial charge in [0.25, 0.3) is 5.91 Å². The number of rotatable bonds is 4. The minimum absolute atomic E-state index is 0.144. The fraction of sp³-hybridized carbons (Fsp3) is 0.250. The third-order valence-corrected chi connectivity index (χ3v) is 4.44. The van der Waals surface area contributed by atoms with Crippen LogP contribution in [0.15, 0.2) is 53.6 Å². The van der Waals surface area contributed by atoms with Crippen LogP contribution in [0.2, 0.25) is 0 Å². The number of hydrogen-bond donors (Lipinski definition) is 2. The van der Waals surface area contributed by atoms with E-state index in [0.29, 0.717) is 29.9 Å². The lowest BCUT2D eigenvalue weighted by molar-refractivity contribution is 0.0955. The van der Waals surface area contributed by atoms with E-state index in [9.17, 15) is 14.0 Å². The molecule has 0 radical (unpaired) electrons. The molecule has 1 saturated heterocycles. The molecule has 1 fully saturated rings. The fourth-order valence-corrected chi connectivity index (χ4v) is 2.70. The van der Waals surface area contributed by atoms with Crippen LogP contribution in [0.4, 0.5) is 14.9 Å². The Morgan fingerprint density at radius 3 is 2.29 bits per heavy atom. The molecule has 28 heavy (non-hydrogen) atoms. The van der Waals surface area contributed by atoms with E-state index in [1.54, 1.807) is 41.3 Å². The fourth-order valence-electron chi connectivity index (χ4n) is 2.70. The normalized spacial score (nSPS) is 14.9. The van der Waals surface area contributed by atoms with Gasteiger partial charge in [-0.2, -0.15) is 5.10 Å². The number of carbonyl (C=O) groups excluding carboxylic acids is 2. The van der Waals surface area contributed by atoms with Crippen molar-refractivity contribution in [2.45, 2.75) is 0 Å². The van der Waals surface area contributed by atoms with Crippen molar-refractivity contribution in [3.8, 4) is 0 Å². The number of hydrazone groups is 1. The molecule has 7 nitrogen and oxygen atoms in total. The first kappa shape index (κ1) is 19.5. The molecule has 0 aliphatic carbocycles. The summed E-state index contributed by atoms with van der Waals surface area (Å²) in [4.78, 5) is 28.3. The Morgan fingerprint density at radius 2 is 1.64 bits per heavy atom. The second kappa shape index (κ2) is 9.09. The van der Waals surface area contributed by atoms with Crippen molar-refractivity contribution >= 4 is 23.8 Å². The summed E-state index contributed by atoms with van der Waals surface area (Å²) in [6, 6.07) is 12.2. The van der Waals surface area contributed by atoms with E-state index in [4.69, 9.17) is 0 Å². The molecule has 2 aromatic rings. The number of likely N-dealkylation sites (N-methyl/N-ethyl adjacent to an activating group) is 1. The topological polar surface area (TPSA) is 77.0 Å². The number of nitrogens with zero attached hydrogens (tertiary/aromatic N) is 3. The van der Waals surface area contributed by atoms with E-state index in [1.165, 1.54) is 18.3 Å². The smallest absolute Gasteiger partial charge is 0.321 e. The van der Waals surface area contributed by atoms with Gasteiger partial charge in [-0.1, -0.05) is 12.1 Å². The summed E-state index contributed by atoms with van der Waals surface area (Å²) in [5.74, 6) is -0.712. The van der Waals surface area contributed by atoms with Crippen LogP contribution >= 0.6 is 0 Å². The SMILES string of the molecule is CN1CCN(C(=O)Nc2ccc(C(=O)N/N=C\c3ccc(F)cc3)cc2)CC1. The maximum Gasteiger partial charge on any atom is 0.321 e. The first-order valence-corrected chi connectivity index (χ1v) is 8.95. The highest BCUT2D eigenvalue weighted by molar-refractivity contribution is 5.96. The largest absolute Gasteiger partial charge is 0.322 e. The maximum absolute atomic E-state index is 12.8. The number of nitrogens with one attached hydrogen (secondary N) is 2. The predicted molar refractivity (Wildman–Crippen MR) is 106 cm³/mol. The zero-order valence-electron chi connectivity index (χ0n) is 15.6. The molecule has 1 aliphatic heterocycles. The molecule has 0 aromatic heterocycles. The summed E-state index contributed by atoms with van der Waals surface area (Å²) >= 11 is 0. The van der Waals surface area contributed by atoms with Crippen LogP contribution < -0.4 is 10.7 Å². The molecular weight excluding hydrogens is 361 g/mol. The number of benzene rings is 2. The van der Waals surface area contributed by atoms with Gasteiger partial charge in [-0.15, -0.1) is 0 Å². The van der Waals surface area contributed by atoms with Crippen molar-refractivity contribution in [2.75, 3.05) is 38.5 Å². The lowest BCUT2D eigenvalue weighted by atomic mass is 10.2. The highest BCUT2D eigenvalue weighted by Crippen LogP contribution is 2.11. The summed E-state index contributed by atoms with van der Waals surface area (Å²) in [6.45, 7) is 3.08. The maximum atomic E-state index is 12.8. The number of urea groups is 1. The number of hydrogen-bond acceptors (Lipinski definition) is 4. The lowest BCUT2D eigenvalue weighted by Gasteiger charge is -2.32. The molecule has 1 heterocycles. The van der Waals surface area contributed by atoms with E-state index in [2.05, 4.69) is 20.7 Å². The van der Waals surface area contributed by atoms with Crippen molar-refractivity contribution < 1.29 is 14.0 Å². The molecule has 3 amide bonds. The molecule has 146 valence electrons. The Balaban J connectivity index is 1.51. The number of piperazine rings is 1. The van der Waals surface area contributed by atoms with Crippen molar-refractivity contribution in [2.24, 2.45) is 5.10 Å². The zero-order valence-corrected chi connectivity index (χ0v) is 15.6. The van der Waals surface area contributed by atoms with Crippen LogP contribution in [0, 0.1) is 5.82 Å². The highest BCUT2D eigenvalue weighted by Gasteiger charge is 2.18. The second-order valence-corrected chi connectivity index (χ2v) is 6.55. The summed E-state index contributed by atoms with van der Waals surface area (Å²) in [5.41, 5.74) is 4.12. The summed E-state index contributed by atoms with van der Waals surface area (Å²) in [6.07, 6.45) is 1.43.